The van der Waals surface area contributed by atoms with E-state index in [0.29, 0.717) is 13.1 Å². The van der Waals surface area contributed by atoms with E-state index in [1.54, 1.807) is 7.11 Å². The molecule has 0 radical (unpaired) electrons. The zero-order chi connectivity index (χ0) is 18.8. The van der Waals surface area contributed by atoms with Crippen LogP contribution in [0.3, 0.4) is 0 Å². The molecule has 0 aliphatic heterocycles. The number of hydrogen-bond donors (Lipinski definition) is 2. The number of ether oxygens (including phenoxy) is 1. The van der Waals surface area contributed by atoms with Gasteiger partial charge >= 0.3 is 0 Å². The number of rotatable bonds is 8. The summed E-state index contributed by atoms with van der Waals surface area (Å²) in [6, 6.07) is 16.6. The molecule has 0 aliphatic rings. The van der Waals surface area contributed by atoms with E-state index in [2.05, 4.69) is 66.9 Å². The third-order valence-electron chi connectivity index (χ3n) is 3.89. The number of benzene rings is 2. The van der Waals surface area contributed by atoms with Gasteiger partial charge in [0.2, 0.25) is 0 Å². The zero-order valence-corrected chi connectivity index (χ0v) is 16.2. The van der Waals surface area contributed by atoms with Crippen molar-refractivity contribution in [2.45, 2.75) is 26.6 Å². The molecule has 0 aliphatic carbocycles. The first-order valence-electron chi connectivity index (χ1n) is 8.99. The monoisotopic (exact) mass is 354 g/mol. The van der Waals surface area contributed by atoms with Gasteiger partial charge in [-0.05, 0) is 38.2 Å². The summed E-state index contributed by atoms with van der Waals surface area (Å²) in [6.07, 6.45) is 0. The summed E-state index contributed by atoms with van der Waals surface area (Å²) in [6.45, 7) is 5.12. The lowest BCUT2D eigenvalue weighted by Gasteiger charge is -2.14. The number of hydrogen-bond acceptors (Lipinski definition) is 3. The van der Waals surface area contributed by atoms with E-state index < -0.39 is 0 Å². The van der Waals surface area contributed by atoms with Crippen LogP contribution in [0.25, 0.3) is 0 Å². The van der Waals surface area contributed by atoms with Crippen LogP contribution in [0.2, 0.25) is 0 Å². The van der Waals surface area contributed by atoms with E-state index in [1.165, 1.54) is 11.1 Å². The van der Waals surface area contributed by atoms with Gasteiger partial charge in [0.05, 0.1) is 13.7 Å². The molecule has 0 aromatic heterocycles. The summed E-state index contributed by atoms with van der Waals surface area (Å²) in [4.78, 5) is 6.88. The molecular formula is C21H30N4O. The fourth-order valence-electron chi connectivity index (χ4n) is 2.73. The van der Waals surface area contributed by atoms with Crippen molar-refractivity contribution in [3.63, 3.8) is 0 Å². The molecule has 5 heteroatoms. The van der Waals surface area contributed by atoms with E-state index in [1.807, 2.05) is 18.2 Å². The van der Waals surface area contributed by atoms with Crippen LogP contribution in [-0.4, -0.2) is 38.6 Å². The number of guanidine groups is 1. The summed E-state index contributed by atoms with van der Waals surface area (Å²) in [5.74, 6) is 1.68. The van der Waals surface area contributed by atoms with Crippen molar-refractivity contribution in [2.75, 3.05) is 27.7 Å². The lowest BCUT2D eigenvalue weighted by atomic mass is 10.1. The van der Waals surface area contributed by atoms with Gasteiger partial charge in [-0.25, -0.2) is 4.99 Å². The van der Waals surface area contributed by atoms with Crippen LogP contribution in [0.4, 0.5) is 0 Å². The van der Waals surface area contributed by atoms with E-state index >= 15 is 0 Å². The summed E-state index contributed by atoms with van der Waals surface area (Å²) in [5.41, 5.74) is 3.61. The molecule has 0 bridgehead atoms. The molecule has 0 spiro atoms. The Bertz CT molecular complexity index is 713. The second kappa shape index (κ2) is 10.5. The van der Waals surface area contributed by atoms with Gasteiger partial charge in [0, 0.05) is 25.2 Å². The Morgan fingerprint density at radius 3 is 2.54 bits per heavy atom. The topological polar surface area (TPSA) is 48.9 Å². The van der Waals surface area contributed by atoms with Gasteiger partial charge in [0.15, 0.2) is 5.96 Å². The lowest BCUT2D eigenvalue weighted by Crippen LogP contribution is -2.36. The Hall–Kier alpha value is -2.53. The minimum Gasteiger partial charge on any atom is -0.496 e. The number of nitrogens with one attached hydrogen (secondary N) is 2. The Labute approximate surface area is 157 Å². The average molecular weight is 354 g/mol. The molecule has 0 amide bonds. The molecule has 2 aromatic rings. The molecule has 2 N–H and O–H groups in total. The maximum absolute atomic E-state index is 5.41. The molecule has 0 heterocycles. The van der Waals surface area contributed by atoms with Crippen LogP contribution in [-0.2, 0) is 19.6 Å². The van der Waals surface area contributed by atoms with Crippen molar-refractivity contribution in [1.82, 2.24) is 15.5 Å². The Morgan fingerprint density at radius 2 is 1.81 bits per heavy atom. The molecule has 26 heavy (non-hydrogen) atoms. The maximum Gasteiger partial charge on any atom is 0.191 e. The van der Waals surface area contributed by atoms with Crippen molar-refractivity contribution >= 4 is 5.96 Å². The van der Waals surface area contributed by atoms with Crippen LogP contribution in [0.5, 0.6) is 5.75 Å². The first-order valence-corrected chi connectivity index (χ1v) is 8.99. The molecular weight excluding hydrogens is 324 g/mol. The Balaban J connectivity index is 2.02. The molecule has 0 unspecified atom stereocenters. The predicted molar refractivity (Wildman–Crippen MR) is 108 cm³/mol. The number of methoxy groups -OCH3 is 1. The van der Waals surface area contributed by atoms with Gasteiger partial charge in [-0.2, -0.15) is 0 Å². The second-order valence-electron chi connectivity index (χ2n) is 6.42. The van der Waals surface area contributed by atoms with Crippen LogP contribution in [0.1, 0.15) is 23.6 Å². The van der Waals surface area contributed by atoms with Gasteiger partial charge in [0.25, 0.3) is 0 Å². The SMILES string of the molecule is CCNC(=NCc1cccc(CN(C)C)c1)NCc1ccccc1OC. The highest BCUT2D eigenvalue weighted by atomic mass is 16.5. The molecule has 140 valence electrons. The van der Waals surface area contributed by atoms with Crippen molar-refractivity contribution < 1.29 is 4.74 Å². The van der Waals surface area contributed by atoms with Gasteiger partial charge in [-0.15, -0.1) is 0 Å². The fourth-order valence-corrected chi connectivity index (χ4v) is 2.73. The Morgan fingerprint density at radius 1 is 1.04 bits per heavy atom. The number of aliphatic imine (C=N–C) groups is 1. The van der Waals surface area contributed by atoms with Gasteiger partial charge in [-0.1, -0.05) is 42.5 Å². The molecule has 0 atom stereocenters. The highest BCUT2D eigenvalue weighted by Gasteiger charge is 2.04. The van der Waals surface area contributed by atoms with Crippen LogP contribution >= 0.6 is 0 Å². The van der Waals surface area contributed by atoms with Crippen molar-refractivity contribution in [1.29, 1.82) is 0 Å². The quantitative estimate of drug-likeness (QED) is 0.565. The Kier molecular flexibility index (Phi) is 7.96. The van der Waals surface area contributed by atoms with Gasteiger partial charge < -0.3 is 20.3 Å². The summed E-state index contributed by atoms with van der Waals surface area (Å²) >= 11 is 0. The molecule has 2 rings (SSSR count). The largest absolute Gasteiger partial charge is 0.496 e. The van der Waals surface area contributed by atoms with E-state index in [4.69, 9.17) is 9.73 Å². The van der Waals surface area contributed by atoms with E-state index in [0.717, 1.165) is 30.4 Å². The molecule has 0 fully saturated rings. The van der Waals surface area contributed by atoms with Crippen molar-refractivity contribution in [2.24, 2.45) is 4.99 Å². The number of nitrogens with zero attached hydrogens (tertiary/aromatic N) is 2. The maximum atomic E-state index is 5.41. The van der Waals surface area contributed by atoms with Gasteiger partial charge in [-0.3, -0.25) is 0 Å². The molecule has 0 saturated heterocycles. The second-order valence-corrected chi connectivity index (χ2v) is 6.42. The normalized spacial score (nSPS) is 11.5. The summed E-state index contributed by atoms with van der Waals surface area (Å²) < 4.78 is 5.41. The molecule has 5 nitrogen and oxygen atoms in total. The third-order valence-corrected chi connectivity index (χ3v) is 3.89. The first kappa shape index (κ1) is 19.8. The van der Waals surface area contributed by atoms with Crippen LogP contribution < -0.4 is 15.4 Å². The van der Waals surface area contributed by atoms with E-state index in [9.17, 15) is 0 Å². The third kappa shape index (κ3) is 6.41. The van der Waals surface area contributed by atoms with Crippen LogP contribution in [0, 0.1) is 0 Å². The lowest BCUT2D eigenvalue weighted by molar-refractivity contribution is 0.402. The highest BCUT2D eigenvalue weighted by Crippen LogP contribution is 2.16. The van der Waals surface area contributed by atoms with Crippen LogP contribution in [0.15, 0.2) is 53.5 Å². The van der Waals surface area contributed by atoms with Gasteiger partial charge in [0.1, 0.15) is 5.75 Å². The van der Waals surface area contributed by atoms with Crippen molar-refractivity contribution in [3.8, 4) is 5.75 Å². The highest BCUT2D eigenvalue weighted by molar-refractivity contribution is 5.79. The molecule has 0 saturated carbocycles. The standard InChI is InChI=1S/C21H30N4O/c1-5-22-21(24-15-19-11-6-7-12-20(19)26-4)23-14-17-9-8-10-18(13-17)16-25(2)3/h6-13H,5,14-16H2,1-4H3,(H2,22,23,24). The summed E-state index contributed by atoms with van der Waals surface area (Å²) in [5, 5.41) is 6.68. The molecule has 2 aromatic carbocycles. The smallest absolute Gasteiger partial charge is 0.191 e. The number of para-hydroxylation sites is 1. The first-order chi connectivity index (χ1) is 12.6. The summed E-state index contributed by atoms with van der Waals surface area (Å²) in [7, 11) is 5.85. The minimum absolute atomic E-state index is 0.641. The van der Waals surface area contributed by atoms with Crippen molar-refractivity contribution in [3.05, 3.63) is 65.2 Å². The minimum atomic E-state index is 0.641. The average Bonchev–Trinajstić information content (AvgIpc) is 2.64. The van der Waals surface area contributed by atoms with E-state index in [-0.39, 0.29) is 0 Å². The zero-order valence-electron chi connectivity index (χ0n) is 16.2. The predicted octanol–water partition coefficient (Wildman–Crippen LogP) is 3.01. The fraction of sp³-hybridized carbons (Fsp3) is 0.381.